The van der Waals surface area contributed by atoms with E-state index >= 15 is 0 Å². The fraction of sp³-hybridized carbons (Fsp3) is 0.100. The normalized spacial score (nSPS) is 11.5. The van der Waals surface area contributed by atoms with Gasteiger partial charge in [0.1, 0.15) is 0 Å². The zero-order valence-electron chi connectivity index (χ0n) is 7.36. The van der Waals surface area contributed by atoms with Crippen LogP contribution in [0.5, 0.6) is 0 Å². The zero-order valence-corrected chi connectivity index (χ0v) is 8.17. The molecule has 0 amide bonds. The summed E-state index contributed by atoms with van der Waals surface area (Å²) in [6.07, 6.45) is 3.49. The largest absolute Gasteiger partial charge is 0.392 e. The van der Waals surface area contributed by atoms with E-state index in [-0.39, 0.29) is 11.5 Å². The standard InChI is InChI=1S/C10H9NO2S/c12-5-1-2-7-3-4-8-9(6-7)14-10(13)11-8/h1-4,6,12H,5H2,(H,11,13). The molecule has 0 unspecified atom stereocenters. The average molecular weight is 207 g/mol. The molecule has 0 bridgehead atoms. The quantitative estimate of drug-likeness (QED) is 0.785. The minimum atomic E-state index is -0.0386. The van der Waals surface area contributed by atoms with Crippen molar-refractivity contribution >= 4 is 27.6 Å². The van der Waals surface area contributed by atoms with Gasteiger partial charge in [0.2, 0.25) is 0 Å². The summed E-state index contributed by atoms with van der Waals surface area (Å²) in [5.74, 6) is 0. The van der Waals surface area contributed by atoms with Crippen LogP contribution in [0, 0.1) is 0 Å². The lowest BCUT2D eigenvalue weighted by Crippen LogP contribution is -1.89. The van der Waals surface area contributed by atoms with E-state index < -0.39 is 0 Å². The van der Waals surface area contributed by atoms with Gasteiger partial charge < -0.3 is 10.1 Å². The molecule has 1 heterocycles. The Labute approximate surface area is 84.3 Å². The first-order valence-corrected chi connectivity index (χ1v) is 5.01. The maximum atomic E-state index is 11.0. The van der Waals surface area contributed by atoms with Gasteiger partial charge in [-0.3, -0.25) is 4.79 Å². The second-order valence-electron chi connectivity index (χ2n) is 2.86. The van der Waals surface area contributed by atoms with Gasteiger partial charge in [-0.25, -0.2) is 0 Å². The van der Waals surface area contributed by atoms with Gasteiger partial charge in [-0.2, -0.15) is 0 Å². The molecule has 2 rings (SSSR count). The minimum Gasteiger partial charge on any atom is -0.392 e. The molecular weight excluding hydrogens is 198 g/mol. The molecule has 0 atom stereocenters. The van der Waals surface area contributed by atoms with Gasteiger partial charge in [0.05, 0.1) is 16.8 Å². The van der Waals surface area contributed by atoms with Crippen LogP contribution in [0.3, 0.4) is 0 Å². The van der Waals surface area contributed by atoms with E-state index in [4.69, 9.17) is 5.11 Å². The van der Waals surface area contributed by atoms with E-state index in [0.29, 0.717) is 0 Å². The molecule has 0 aliphatic rings. The Morgan fingerprint density at radius 2 is 2.36 bits per heavy atom. The number of aliphatic hydroxyl groups excluding tert-OH is 1. The molecule has 0 saturated carbocycles. The highest BCUT2D eigenvalue weighted by Gasteiger charge is 1.98. The summed E-state index contributed by atoms with van der Waals surface area (Å²) in [5, 5.41) is 8.60. The van der Waals surface area contributed by atoms with Crippen molar-refractivity contribution in [1.29, 1.82) is 0 Å². The summed E-state index contributed by atoms with van der Waals surface area (Å²) in [4.78, 5) is 13.7. The average Bonchev–Trinajstić information content (AvgIpc) is 2.54. The van der Waals surface area contributed by atoms with Gasteiger partial charge in [-0.15, -0.1) is 0 Å². The highest BCUT2D eigenvalue weighted by atomic mass is 32.1. The molecule has 1 aromatic heterocycles. The molecule has 2 aromatic rings. The third-order valence-corrected chi connectivity index (χ3v) is 2.71. The summed E-state index contributed by atoms with van der Waals surface area (Å²) in [6, 6.07) is 5.69. The predicted molar refractivity (Wildman–Crippen MR) is 58.6 cm³/mol. The van der Waals surface area contributed by atoms with Crippen LogP contribution in [0.15, 0.2) is 29.1 Å². The Balaban J connectivity index is 2.50. The second-order valence-corrected chi connectivity index (χ2v) is 3.87. The first-order valence-electron chi connectivity index (χ1n) is 4.20. The lowest BCUT2D eigenvalue weighted by atomic mass is 10.2. The molecule has 0 spiro atoms. The predicted octanol–water partition coefficient (Wildman–Crippen LogP) is 1.60. The van der Waals surface area contributed by atoms with Crippen LogP contribution < -0.4 is 4.87 Å². The van der Waals surface area contributed by atoms with Gasteiger partial charge in [0, 0.05) is 0 Å². The van der Waals surface area contributed by atoms with Crippen molar-refractivity contribution < 1.29 is 5.11 Å². The third kappa shape index (κ3) is 1.76. The van der Waals surface area contributed by atoms with Crippen LogP contribution in [0.4, 0.5) is 0 Å². The molecule has 0 saturated heterocycles. The number of aromatic nitrogens is 1. The van der Waals surface area contributed by atoms with E-state index in [9.17, 15) is 4.79 Å². The van der Waals surface area contributed by atoms with E-state index in [1.807, 2.05) is 24.3 Å². The van der Waals surface area contributed by atoms with Gasteiger partial charge in [-0.05, 0) is 17.7 Å². The number of hydrogen-bond acceptors (Lipinski definition) is 3. The second kappa shape index (κ2) is 3.77. The summed E-state index contributed by atoms with van der Waals surface area (Å²) in [7, 11) is 0. The van der Waals surface area contributed by atoms with Crippen molar-refractivity contribution in [3.8, 4) is 0 Å². The topological polar surface area (TPSA) is 53.1 Å². The lowest BCUT2D eigenvalue weighted by Gasteiger charge is -1.92. The van der Waals surface area contributed by atoms with Crippen LogP contribution >= 0.6 is 11.3 Å². The minimum absolute atomic E-state index is 0.0292. The molecule has 0 radical (unpaired) electrons. The molecular formula is C10H9NO2S. The van der Waals surface area contributed by atoms with Gasteiger partial charge in [0.25, 0.3) is 0 Å². The number of nitrogens with one attached hydrogen (secondary N) is 1. The van der Waals surface area contributed by atoms with Crippen molar-refractivity contribution in [2.45, 2.75) is 0 Å². The Morgan fingerprint density at radius 1 is 1.50 bits per heavy atom. The van der Waals surface area contributed by atoms with Crippen molar-refractivity contribution in [3.63, 3.8) is 0 Å². The number of aromatic amines is 1. The molecule has 14 heavy (non-hydrogen) atoms. The van der Waals surface area contributed by atoms with Crippen LogP contribution in [-0.4, -0.2) is 16.7 Å². The lowest BCUT2D eigenvalue weighted by molar-refractivity contribution is 0.343. The van der Waals surface area contributed by atoms with Crippen molar-refractivity contribution in [2.75, 3.05) is 6.61 Å². The number of thiazole rings is 1. The van der Waals surface area contributed by atoms with Crippen LogP contribution in [0.2, 0.25) is 0 Å². The maximum Gasteiger partial charge on any atom is 0.305 e. The number of H-pyrrole nitrogens is 1. The Bertz CT molecular complexity index is 524. The van der Waals surface area contributed by atoms with Gasteiger partial charge in [-0.1, -0.05) is 29.6 Å². The summed E-state index contributed by atoms with van der Waals surface area (Å²) in [5.41, 5.74) is 1.85. The van der Waals surface area contributed by atoms with E-state index in [1.54, 1.807) is 6.08 Å². The van der Waals surface area contributed by atoms with Crippen molar-refractivity contribution in [1.82, 2.24) is 4.98 Å². The van der Waals surface area contributed by atoms with E-state index in [0.717, 1.165) is 15.8 Å². The Morgan fingerprint density at radius 3 is 3.14 bits per heavy atom. The van der Waals surface area contributed by atoms with Crippen LogP contribution in [0.25, 0.3) is 16.3 Å². The molecule has 0 aliphatic carbocycles. The van der Waals surface area contributed by atoms with Crippen LogP contribution in [-0.2, 0) is 0 Å². The number of aliphatic hydroxyl groups is 1. The molecule has 1 aromatic carbocycles. The van der Waals surface area contributed by atoms with Crippen molar-refractivity contribution in [2.24, 2.45) is 0 Å². The number of benzene rings is 1. The number of rotatable bonds is 2. The summed E-state index contributed by atoms with van der Waals surface area (Å²) >= 11 is 1.19. The Hall–Kier alpha value is -1.39. The zero-order chi connectivity index (χ0) is 9.97. The van der Waals surface area contributed by atoms with Crippen LogP contribution in [0.1, 0.15) is 5.56 Å². The first-order chi connectivity index (χ1) is 6.79. The molecule has 3 nitrogen and oxygen atoms in total. The highest BCUT2D eigenvalue weighted by Crippen LogP contribution is 2.16. The monoisotopic (exact) mass is 207 g/mol. The first kappa shape index (κ1) is 9.18. The highest BCUT2D eigenvalue weighted by molar-refractivity contribution is 7.16. The molecule has 2 N–H and O–H groups in total. The molecule has 4 heteroatoms. The maximum absolute atomic E-state index is 11.0. The van der Waals surface area contributed by atoms with Crippen molar-refractivity contribution in [3.05, 3.63) is 39.5 Å². The van der Waals surface area contributed by atoms with E-state index in [1.165, 1.54) is 11.3 Å². The number of fused-ring (bicyclic) bond motifs is 1. The fourth-order valence-electron chi connectivity index (χ4n) is 1.25. The molecule has 72 valence electrons. The van der Waals surface area contributed by atoms with Gasteiger partial charge >= 0.3 is 4.87 Å². The molecule has 0 aliphatic heterocycles. The smallest absolute Gasteiger partial charge is 0.305 e. The number of hydrogen-bond donors (Lipinski definition) is 2. The Kier molecular flexibility index (Phi) is 2.47. The fourth-order valence-corrected chi connectivity index (χ4v) is 2.04. The summed E-state index contributed by atoms with van der Waals surface area (Å²) < 4.78 is 0.940. The third-order valence-electron chi connectivity index (χ3n) is 1.86. The SMILES string of the molecule is O=c1[nH]c2ccc(C=CCO)cc2s1. The van der Waals surface area contributed by atoms with E-state index in [2.05, 4.69) is 4.98 Å². The van der Waals surface area contributed by atoms with Gasteiger partial charge in [0.15, 0.2) is 0 Å². The summed E-state index contributed by atoms with van der Waals surface area (Å²) in [6.45, 7) is 0.0292. The molecule has 0 fully saturated rings.